The average molecular weight is 588 g/mol. The second kappa shape index (κ2) is 10.8. The molecule has 34 heavy (non-hydrogen) atoms. The van der Waals surface area contributed by atoms with Crippen molar-refractivity contribution in [3.63, 3.8) is 0 Å². The fraction of sp³-hybridized carbons (Fsp3) is 0.304. The van der Waals surface area contributed by atoms with Gasteiger partial charge in [0, 0.05) is 17.6 Å². The molecule has 0 spiro atoms. The van der Waals surface area contributed by atoms with Crippen molar-refractivity contribution in [1.82, 2.24) is 14.1 Å². The molecule has 0 aliphatic heterocycles. The van der Waals surface area contributed by atoms with Crippen LogP contribution >= 0.6 is 39.1 Å². The van der Waals surface area contributed by atoms with Crippen LogP contribution in [0.15, 0.2) is 45.8 Å². The minimum atomic E-state index is -3.88. The molecule has 0 atom stereocenters. The standard InChI is InChI=1S/C23H25BrCl2N4O3S/c1-5-29(6-2)34(32,33)21-11-18(19(25)12-20(21)26)23(31)27-22-14(3)28-30(15(22)4)13-16-7-9-17(24)10-8-16/h7-12H,5-6,13H2,1-4H3,(H,27,31). The van der Waals surface area contributed by atoms with E-state index < -0.39 is 15.9 Å². The first kappa shape index (κ1) is 26.7. The smallest absolute Gasteiger partial charge is 0.257 e. The molecule has 182 valence electrons. The lowest BCUT2D eigenvalue weighted by Crippen LogP contribution is -2.31. The van der Waals surface area contributed by atoms with Gasteiger partial charge in [0.25, 0.3) is 5.91 Å². The van der Waals surface area contributed by atoms with E-state index >= 15 is 0 Å². The summed E-state index contributed by atoms with van der Waals surface area (Å²) in [5.41, 5.74) is 3.00. The zero-order chi connectivity index (χ0) is 25.2. The van der Waals surface area contributed by atoms with Gasteiger partial charge in [-0.15, -0.1) is 0 Å². The van der Waals surface area contributed by atoms with Crippen LogP contribution in [0, 0.1) is 13.8 Å². The number of carbonyl (C=O) groups excluding carboxylic acids is 1. The minimum Gasteiger partial charge on any atom is -0.319 e. The van der Waals surface area contributed by atoms with E-state index in [1.165, 1.54) is 16.4 Å². The summed E-state index contributed by atoms with van der Waals surface area (Å²) in [6, 6.07) is 10.4. The van der Waals surface area contributed by atoms with Crippen LogP contribution in [0.3, 0.4) is 0 Å². The number of hydrogen-bond acceptors (Lipinski definition) is 4. The van der Waals surface area contributed by atoms with E-state index in [1.54, 1.807) is 25.5 Å². The number of anilines is 1. The lowest BCUT2D eigenvalue weighted by Gasteiger charge is -2.20. The zero-order valence-corrected chi connectivity index (χ0v) is 23.1. The Labute approximate surface area is 218 Å². The van der Waals surface area contributed by atoms with Crippen molar-refractivity contribution in [1.29, 1.82) is 0 Å². The number of hydrogen-bond donors (Lipinski definition) is 1. The monoisotopic (exact) mass is 586 g/mol. The van der Waals surface area contributed by atoms with Gasteiger partial charge in [-0.2, -0.15) is 9.40 Å². The molecular formula is C23H25BrCl2N4O3S. The van der Waals surface area contributed by atoms with Gasteiger partial charge < -0.3 is 5.32 Å². The molecule has 0 saturated carbocycles. The molecule has 1 N–H and O–H groups in total. The Bertz CT molecular complexity index is 1320. The number of halogens is 3. The maximum Gasteiger partial charge on any atom is 0.257 e. The van der Waals surface area contributed by atoms with Crippen LogP contribution in [0.4, 0.5) is 5.69 Å². The van der Waals surface area contributed by atoms with Crippen LogP contribution in [-0.4, -0.2) is 41.5 Å². The van der Waals surface area contributed by atoms with Crippen molar-refractivity contribution in [3.8, 4) is 0 Å². The average Bonchev–Trinajstić information content (AvgIpc) is 3.03. The summed E-state index contributed by atoms with van der Waals surface area (Å²) in [4.78, 5) is 13.0. The summed E-state index contributed by atoms with van der Waals surface area (Å²) < 4.78 is 30.1. The summed E-state index contributed by atoms with van der Waals surface area (Å²) in [5.74, 6) is -0.549. The van der Waals surface area contributed by atoms with Crippen LogP contribution in [-0.2, 0) is 16.6 Å². The highest BCUT2D eigenvalue weighted by Gasteiger charge is 2.27. The molecule has 0 radical (unpaired) electrons. The van der Waals surface area contributed by atoms with Crippen molar-refractivity contribution in [2.75, 3.05) is 18.4 Å². The summed E-state index contributed by atoms with van der Waals surface area (Å²) in [6.45, 7) is 8.19. The van der Waals surface area contributed by atoms with Crippen LogP contribution in [0.2, 0.25) is 10.0 Å². The topological polar surface area (TPSA) is 84.3 Å². The Hall–Kier alpha value is -1.91. The maximum atomic E-state index is 13.2. The van der Waals surface area contributed by atoms with Crippen LogP contribution in [0.1, 0.15) is 41.2 Å². The highest BCUT2D eigenvalue weighted by Crippen LogP contribution is 2.32. The quantitative estimate of drug-likeness (QED) is 0.355. The van der Waals surface area contributed by atoms with E-state index in [0.717, 1.165) is 15.7 Å². The molecule has 2 aromatic carbocycles. The van der Waals surface area contributed by atoms with E-state index in [9.17, 15) is 13.2 Å². The minimum absolute atomic E-state index is 0.0104. The number of nitrogens with zero attached hydrogens (tertiary/aromatic N) is 3. The molecule has 1 heterocycles. The number of aryl methyl sites for hydroxylation is 1. The number of nitrogens with one attached hydrogen (secondary N) is 1. The SMILES string of the molecule is CCN(CC)S(=O)(=O)c1cc(C(=O)Nc2c(C)nn(Cc3ccc(Br)cc3)c2C)c(Cl)cc1Cl. The Morgan fingerprint density at radius 1 is 1.09 bits per heavy atom. The first-order valence-corrected chi connectivity index (χ1v) is 13.6. The molecule has 1 aromatic heterocycles. The summed E-state index contributed by atoms with van der Waals surface area (Å²) >= 11 is 15.9. The van der Waals surface area contributed by atoms with E-state index in [4.69, 9.17) is 23.2 Å². The summed E-state index contributed by atoms with van der Waals surface area (Å²) in [6.07, 6.45) is 0. The first-order valence-electron chi connectivity index (χ1n) is 10.6. The van der Waals surface area contributed by atoms with E-state index in [-0.39, 0.29) is 33.6 Å². The Morgan fingerprint density at radius 3 is 2.29 bits per heavy atom. The lowest BCUT2D eigenvalue weighted by molar-refractivity contribution is 0.102. The molecule has 0 bridgehead atoms. The maximum absolute atomic E-state index is 13.2. The van der Waals surface area contributed by atoms with Gasteiger partial charge in [0.05, 0.1) is 39.2 Å². The third-order valence-electron chi connectivity index (χ3n) is 5.46. The fourth-order valence-corrected chi connectivity index (χ4v) is 6.13. The van der Waals surface area contributed by atoms with Gasteiger partial charge in [0.15, 0.2) is 0 Å². The molecule has 3 rings (SSSR count). The van der Waals surface area contributed by atoms with E-state index in [2.05, 4.69) is 26.3 Å². The molecule has 0 unspecified atom stereocenters. The first-order chi connectivity index (χ1) is 16.0. The molecule has 0 aliphatic rings. The number of amides is 1. The number of sulfonamides is 1. The van der Waals surface area contributed by atoms with Gasteiger partial charge >= 0.3 is 0 Å². The van der Waals surface area contributed by atoms with Gasteiger partial charge in [0.1, 0.15) is 4.90 Å². The van der Waals surface area contributed by atoms with Gasteiger partial charge in [0.2, 0.25) is 10.0 Å². The second-order valence-electron chi connectivity index (χ2n) is 7.64. The van der Waals surface area contributed by atoms with Crippen molar-refractivity contribution < 1.29 is 13.2 Å². The van der Waals surface area contributed by atoms with Crippen molar-refractivity contribution in [3.05, 3.63) is 73.4 Å². The summed E-state index contributed by atoms with van der Waals surface area (Å²) in [7, 11) is -3.88. The molecule has 3 aromatic rings. The predicted octanol–water partition coefficient (Wildman–Crippen LogP) is 5.90. The van der Waals surface area contributed by atoms with Gasteiger partial charge in [-0.05, 0) is 43.7 Å². The molecular weight excluding hydrogens is 563 g/mol. The normalized spacial score (nSPS) is 11.8. The van der Waals surface area contributed by atoms with Gasteiger partial charge in [-0.1, -0.05) is 65.1 Å². The molecule has 7 nitrogen and oxygen atoms in total. The Balaban J connectivity index is 1.93. The van der Waals surface area contributed by atoms with Gasteiger partial charge in [-0.3, -0.25) is 9.48 Å². The molecule has 1 amide bonds. The van der Waals surface area contributed by atoms with E-state index in [1.807, 2.05) is 31.2 Å². The largest absolute Gasteiger partial charge is 0.319 e. The molecule has 0 aliphatic carbocycles. The number of aromatic nitrogens is 2. The number of rotatable bonds is 8. The molecule has 0 saturated heterocycles. The number of benzene rings is 2. The highest BCUT2D eigenvalue weighted by atomic mass is 79.9. The Morgan fingerprint density at radius 2 is 1.71 bits per heavy atom. The second-order valence-corrected chi connectivity index (χ2v) is 11.3. The van der Waals surface area contributed by atoms with Gasteiger partial charge in [-0.25, -0.2) is 8.42 Å². The van der Waals surface area contributed by atoms with Crippen molar-refractivity contribution in [2.45, 2.75) is 39.1 Å². The Kier molecular flexibility index (Phi) is 8.47. The van der Waals surface area contributed by atoms with Crippen molar-refractivity contribution >= 4 is 60.7 Å². The zero-order valence-electron chi connectivity index (χ0n) is 19.2. The molecule has 11 heteroatoms. The third kappa shape index (κ3) is 5.49. The molecule has 0 fully saturated rings. The highest BCUT2D eigenvalue weighted by molar-refractivity contribution is 9.10. The van der Waals surface area contributed by atoms with E-state index in [0.29, 0.717) is 17.9 Å². The third-order valence-corrected chi connectivity index (χ3v) is 8.81. The van der Waals surface area contributed by atoms with Crippen LogP contribution in [0.25, 0.3) is 0 Å². The fourth-order valence-electron chi connectivity index (χ4n) is 3.58. The predicted molar refractivity (Wildman–Crippen MR) is 139 cm³/mol. The number of carbonyl (C=O) groups is 1. The summed E-state index contributed by atoms with van der Waals surface area (Å²) in [5, 5.41) is 7.40. The van der Waals surface area contributed by atoms with Crippen LogP contribution in [0.5, 0.6) is 0 Å². The van der Waals surface area contributed by atoms with Crippen LogP contribution < -0.4 is 5.32 Å². The lowest BCUT2D eigenvalue weighted by atomic mass is 10.2. The van der Waals surface area contributed by atoms with Crippen molar-refractivity contribution in [2.24, 2.45) is 0 Å².